The minimum absolute atomic E-state index is 0.0213. The molecule has 2 saturated carbocycles. The minimum Gasteiger partial charge on any atom is -0.481 e. The van der Waals surface area contributed by atoms with Gasteiger partial charge in [0.2, 0.25) is 10.0 Å². The molecule has 0 radical (unpaired) electrons. The molecule has 0 heterocycles. The Labute approximate surface area is 175 Å². The second kappa shape index (κ2) is 9.37. The summed E-state index contributed by atoms with van der Waals surface area (Å²) in [6.07, 6.45) is 10.5. The smallest absolute Gasteiger partial charge is 0.303 e. The van der Waals surface area contributed by atoms with Crippen molar-refractivity contribution < 1.29 is 18.3 Å². The Bertz CT molecular complexity index is 848. The van der Waals surface area contributed by atoms with E-state index in [-0.39, 0.29) is 12.5 Å². The molecule has 0 aromatic heterocycles. The second-order valence-corrected chi connectivity index (χ2v) is 10.3. The number of aliphatic carboxylic acids is 1. The lowest BCUT2D eigenvalue weighted by Crippen LogP contribution is -2.40. The van der Waals surface area contributed by atoms with Crippen LogP contribution in [0.2, 0.25) is 0 Å². The SMILES string of the molecule is O=C(O)CCCC=CC1CC2CC(NS(=O)(=O)C=Cc3ccc(Br)cc3)C1C2. The molecule has 2 fully saturated rings. The highest BCUT2D eigenvalue weighted by Gasteiger charge is 2.46. The number of carbonyl (C=O) groups is 1. The lowest BCUT2D eigenvalue weighted by Gasteiger charge is -2.27. The summed E-state index contributed by atoms with van der Waals surface area (Å²) in [6.45, 7) is 0. The van der Waals surface area contributed by atoms with E-state index >= 15 is 0 Å². The van der Waals surface area contributed by atoms with Crippen LogP contribution in [0.4, 0.5) is 0 Å². The molecule has 2 aliphatic rings. The standard InChI is InChI=1S/C21H26BrNO4S/c22-18-8-6-15(7-9-18)10-11-28(26,27)23-20-14-16-12-17(19(20)13-16)4-2-1-3-5-21(24)25/h2,4,6-11,16-17,19-20,23H,1,3,5,12-14H2,(H,24,25). The summed E-state index contributed by atoms with van der Waals surface area (Å²) in [5.74, 6) is 0.518. The summed E-state index contributed by atoms with van der Waals surface area (Å²) in [6, 6.07) is 7.45. The number of hydrogen-bond donors (Lipinski definition) is 2. The van der Waals surface area contributed by atoms with Gasteiger partial charge in [0.15, 0.2) is 0 Å². The van der Waals surface area contributed by atoms with Gasteiger partial charge in [-0.25, -0.2) is 13.1 Å². The van der Waals surface area contributed by atoms with Crippen LogP contribution in [-0.4, -0.2) is 25.5 Å². The molecular formula is C21H26BrNO4S. The van der Waals surface area contributed by atoms with E-state index in [9.17, 15) is 13.2 Å². The summed E-state index contributed by atoms with van der Waals surface area (Å²) >= 11 is 3.37. The van der Waals surface area contributed by atoms with Crippen molar-refractivity contribution in [2.75, 3.05) is 0 Å². The Kier molecular flexibility index (Phi) is 7.12. The zero-order chi connectivity index (χ0) is 20.1. The average Bonchev–Trinajstić information content (AvgIpc) is 3.20. The van der Waals surface area contributed by atoms with Gasteiger partial charge >= 0.3 is 5.97 Å². The maximum absolute atomic E-state index is 12.5. The first kappa shape index (κ1) is 21.3. The van der Waals surface area contributed by atoms with E-state index in [4.69, 9.17) is 5.11 Å². The first-order chi connectivity index (χ1) is 13.3. The van der Waals surface area contributed by atoms with E-state index in [1.807, 2.05) is 24.3 Å². The number of halogens is 1. The summed E-state index contributed by atoms with van der Waals surface area (Å²) < 4.78 is 28.8. The van der Waals surface area contributed by atoms with Crippen LogP contribution in [0, 0.1) is 17.8 Å². The number of carboxylic acid groups (broad SMARTS) is 1. The third-order valence-electron chi connectivity index (χ3n) is 5.64. The molecule has 4 unspecified atom stereocenters. The summed E-state index contributed by atoms with van der Waals surface area (Å²) in [7, 11) is -3.49. The molecule has 2 aliphatic carbocycles. The predicted molar refractivity (Wildman–Crippen MR) is 114 cm³/mol. The molecule has 1 aromatic carbocycles. The molecule has 152 valence electrons. The number of nitrogens with one attached hydrogen (secondary N) is 1. The van der Waals surface area contributed by atoms with Crippen LogP contribution in [0.3, 0.4) is 0 Å². The number of benzene rings is 1. The van der Waals surface area contributed by atoms with E-state index in [1.54, 1.807) is 6.08 Å². The molecule has 28 heavy (non-hydrogen) atoms. The van der Waals surface area contributed by atoms with Crippen molar-refractivity contribution in [3.05, 3.63) is 51.9 Å². The van der Waals surface area contributed by atoms with E-state index in [2.05, 4.69) is 32.8 Å². The Morgan fingerprint density at radius 2 is 1.96 bits per heavy atom. The van der Waals surface area contributed by atoms with Crippen LogP contribution in [0.5, 0.6) is 0 Å². The topological polar surface area (TPSA) is 83.5 Å². The monoisotopic (exact) mass is 467 g/mol. The number of carboxylic acids is 1. The van der Waals surface area contributed by atoms with E-state index in [1.165, 1.54) is 5.41 Å². The van der Waals surface area contributed by atoms with Crippen LogP contribution in [0.1, 0.15) is 44.1 Å². The number of hydrogen-bond acceptors (Lipinski definition) is 3. The molecule has 2 N–H and O–H groups in total. The fourth-order valence-electron chi connectivity index (χ4n) is 4.40. The largest absolute Gasteiger partial charge is 0.481 e. The zero-order valence-corrected chi connectivity index (χ0v) is 18.0. The van der Waals surface area contributed by atoms with Crippen molar-refractivity contribution in [3.63, 3.8) is 0 Å². The molecular weight excluding hydrogens is 442 g/mol. The highest BCUT2D eigenvalue weighted by Crippen LogP contribution is 2.49. The van der Waals surface area contributed by atoms with Crippen molar-refractivity contribution in [1.82, 2.24) is 4.72 Å². The van der Waals surface area contributed by atoms with Gasteiger partial charge in [-0.2, -0.15) is 0 Å². The molecule has 3 rings (SSSR count). The first-order valence-electron chi connectivity index (χ1n) is 9.67. The highest BCUT2D eigenvalue weighted by atomic mass is 79.9. The van der Waals surface area contributed by atoms with Gasteiger partial charge in [0.25, 0.3) is 0 Å². The number of sulfonamides is 1. The van der Waals surface area contributed by atoms with Crippen LogP contribution < -0.4 is 4.72 Å². The number of allylic oxidation sites excluding steroid dienone is 2. The highest BCUT2D eigenvalue weighted by molar-refractivity contribution is 9.10. The molecule has 0 spiro atoms. The van der Waals surface area contributed by atoms with Crippen molar-refractivity contribution >= 4 is 38.0 Å². The van der Waals surface area contributed by atoms with Crippen LogP contribution in [0.15, 0.2) is 46.3 Å². The normalized spacial score (nSPS) is 27.2. The third kappa shape index (κ3) is 6.03. The summed E-state index contributed by atoms with van der Waals surface area (Å²) in [4.78, 5) is 10.6. The van der Waals surface area contributed by atoms with Gasteiger partial charge in [-0.3, -0.25) is 4.79 Å². The van der Waals surface area contributed by atoms with Crippen LogP contribution >= 0.6 is 15.9 Å². The summed E-state index contributed by atoms with van der Waals surface area (Å²) in [5, 5.41) is 9.93. The van der Waals surface area contributed by atoms with Crippen molar-refractivity contribution in [2.24, 2.45) is 17.8 Å². The summed E-state index contributed by atoms with van der Waals surface area (Å²) in [5.41, 5.74) is 0.837. The van der Waals surface area contributed by atoms with Gasteiger partial charge in [0, 0.05) is 22.3 Å². The number of fused-ring (bicyclic) bond motifs is 2. The van der Waals surface area contributed by atoms with E-state index in [0.29, 0.717) is 24.2 Å². The third-order valence-corrected chi connectivity index (χ3v) is 7.29. The maximum Gasteiger partial charge on any atom is 0.303 e. The van der Waals surface area contributed by atoms with E-state index in [0.717, 1.165) is 35.7 Å². The average molecular weight is 468 g/mol. The fourth-order valence-corrected chi connectivity index (χ4v) is 5.77. The number of rotatable bonds is 9. The zero-order valence-electron chi connectivity index (χ0n) is 15.6. The molecule has 0 saturated heterocycles. The van der Waals surface area contributed by atoms with Crippen molar-refractivity contribution in [2.45, 2.75) is 44.6 Å². The van der Waals surface area contributed by atoms with Gasteiger partial charge in [-0.05, 0) is 73.6 Å². The first-order valence-corrected chi connectivity index (χ1v) is 12.0. The molecule has 2 bridgehead atoms. The second-order valence-electron chi connectivity index (χ2n) is 7.74. The molecule has 5 nitrogen and oxygen atoms in total. The lowest BCUT2D eigenvalue weighted by molar-refractivity contribution is -0.137. The Morgan fingerprint density at radius 3 is 2.64 bits per heavy atom. The Morgan fingerprint density at radius 1 is 1.21 bits per heavy atom. The van der Waals surface area contributed by atoms with Gasteiger partial charge < -0.3 is 5.11 Å². The molecule has 0 amide bonds. The van der Waals surface area contributed by atoms with Crippen LogP contribution in [0.25, 0.3) is 6.08 Å². The molecule has 0 aliphatic heterocycles. The van der Waals surface area contributed by atoms with Crippen LogP contribution in [-0.2, 0) is 14.8 Å². The van der Waals surface area contributed by atoms with Gasteiger partial charge in [-0.1, -0.05) is 40.2 Å². The fraction of sp³-hybridized carbons (Fsp3) is 0.476. The number of unbranched alkanes of at least 4 members (excludes halogenated alkanes) is 1. The molecule has 1 aromatic rings. The lowest BCUT2D eigenvalue weighted by atomic mass is 9.85. The predicted octanol–water partition coefficient (Wildman–Crippen LogP) is 4.57. The molecule has 7 heteroatoms. The van der Waals surface area contributed by atoms with Gasteiger partial charge in [-0.15, -0.1) is 0 Å². The van der Waals surface area contributed by atoms with Crippen molar-refractivity contribution in [3.8, 4) is 0 Å². The molecule has 4 atom stereocenters. The van der Waals surface area contributed by atoms with Crippen molar-refractivity contribution in [1.29, 1.82) is 0 Å². The van der Waals surface area contributed by atoms with Gasteiger partial charge in [0.1, 0.15) is 0 Å². The minimum atomic E-state index is -3.49. The quantitative estimate of drug-likeness (QED) is 0.411. The van der Waals surface area contributed by atoms with Gasteiger partial charge in [0.05, 0.1) is 0 Å². The maximum atomic E-state index is 12.5. The Hall–Kier alpha value is -1.44. The Balaban J connectivity index is 1.54. The van der Waals surface area contributed by atoms with E-state index < -0.39 is 16.0 Å².